The molecule has 1 aromatic heterocycles. The van der Waals surface area contributed by atoms with E-state index in [1.54, 1.807) is 26.8 Å². The summed E-state index contributed by atoms with van der Waals surface area (Å²) in [6, 6.07) is 3.24. The Morgan fingerprint density at radius 2 is 1.84 bits per heavy atom. The quantitative estimate of drug-likeness (QED) is 0.299. The zero-order chi connectivity index (χ0) is 42.5. The molecule has 0 radical (unpaired) electrons. The summed E-state index contributed by atoms with van der Waals surface area (Å²) in [5.74, 6) is -2.51. The molecule has 2 saturated carbocycles. The number of nitrogens with one attached hydrogen (secondary N) is 2. The second-order valence-electron chi connectivity index (χ2n) is 17.9. The van der Waals surface area contributed by atoms with Crippen molar-refractivity contribution in [2.24, 2.45) is 17.8 Å². The lowest BCUT2D eigenvalue weighted by atomic mass is 9.85. The van der Waals surface area contributed by atoms with Gasteiger partial charge in [-0.2, -0.15) is 0 Å². The first kappa shape index (κ1) is 42.9. The van der Waals surface area contributed by atoms with E-state index in [1.165, 1.54) is 18.2 Å². The minimum absolute atomic E-state index is 0.0515. The summed E-state index contributed by atoms with van der Waals surface area (Å²) in [5.41, 5.74) is -1.78. The van der Waals surface area contributed by atoms with Crippen LogP contribution in [0.5, 0.6) is 11.6 Å². The van der Waals surface area contributed by atoms with Crippen molar-refractivity contribution in [2.45, 2.75) is 114 Å². The van der Waals surface area contributed by atoms with Gasteiger partial charge < -0.3 is 29.7 Å². The number of hydrogen-bond donors (Lipinski definition) is 3. The number of halogens is 1. The Kier molecular flexibility index (Phi) is 11.7. The Morgan fingerprint density at radius 3 is 2.45 bits per heavy atom. The summed E-state index contributed by atoms with van der Waals surface area (Å²) in [7, 11) is 0.950. The number of fused-ring (bicyclic) bond motifs is 3. The van der Waals surface area contributed by atoms with Crippen molar-refractivity contribution in [1.82, 2.24) is 24.8 Å². The Bertz CT molecular complexity index is 2090. The van der Waals surface area contributed by atoms with Crippen molar-refractivity contribution in [2.75, 3.05) is 39.3 Å². The van der Waals surface area contributed by atoms with Gasteiger partial charge in [-0.05, 0) is 89.3 Å². The van der Waals surface area contributed by atoms with Gasteiger partial charge in [-0.3, -0.25) is 24.0 Å². The van der Waals surface area contributed by atoms with Gasteiger partial charge in [0.15, 0.2) is 0 Å². The number of hydrogen-bond acceptors (Lipinski definition) is 10. The standard InChI is InChI=1S/C41H57FN6O9S/c1-24-11-9-10-12-26-20-41(26,37(51)45-58(54,55)40(23-42)15-16-40)44-34(49)31-19-28(22-47(31)36(50)33(25(2)17-24)48(38(52)53)39(3,4)5)57-35-29-14-13-27(46(6)7)18-30(29)32(56-8)21-43-35/h10,12-14,18,21,24-26,28,31,33H,9,11,15-17,19-20,22-23H2,1-8H3,(H,44,49)(H,45,51)(H,52,53)/b12-10-/t24-,25-,26-,28-,31+,33+,41-/m1/s1. The van der Waals surface area contributed by atoms with Crippen molar-refractivity contribution < 1.29 is 46.6 Å². The second-order valence-corrected chi connectivity index (χ2v) is 19.9. The largest absolute Gasteiger partial charge is 0.494 e. The van der Waals surface area contributed by atoms with E-state index in [2.05, 4.69) is 15.0 Å². The number of ether oxygens (including phenoxy) is 2. The topological polar surface area (TPSA) is 188 Å². The lowest BCUT2D eigenvalue weighted by molar-refractivity contribution is -0.146. The minimum atomic E-state index is -4.41. The Balaban J connectivity index is 1.40. The van der Waals surface area contributed by atoms with Crippen LogP contribution in [0.1, 0.15) is 79.6 Å². The molecule has 15 nitrogen and oxygen atoms in total. The van der Waals surface area contributed by atoms with E-state index in [0.29, 0.717) is 30.4 Å². The molecule has 0 bridgehead atoms. The number of benzene rings is 1. The molecule has 318 valence electrons. The molecule has 4 aliphatic rings. The van der Waals surface area contributed by atoms with Crippen LogP contribution in [0.4, 0.5) is 14.9 Å². The molecule has 2 aromatic rings. The normalized spacial score (nSPS) is 29.2. The number of carbonyl (C=O) groups excluding carboxylic acids is 3. The molecule has 3 fully saturated rings. The SMILES string of the molecule is COc1cnc(O[C@@H]2C[C@H]3C(=O)N[C@]4(C(=O)NS(=O)(=O)C5(CF)CC5)C[C@H]4/C=C\CC[C@@H](C)C[C@@H](C)[C@H](N(C(=O)O)C(C)(C)C)C(=O)N3C2)c2ccc(N(C)C)cc12. The van der Waals surface area contributed by atoms with Crippen molar-refractivity contribution in [3.05, 3.63) is 36.5 Å². The number of allylic oxidation sites excluding steroid dienone is 1. The highest BCUT2D eigenvalue weighted by atomic mass is 32.2. The number of rotatable bonds is 9. The fraction of sp³-hybridized carbons (Fsp3) is 0.634. The molecule has 2 aliphatic heterocycles. The van der Waals surface area contributed by atoms with Gasteiger partial charge in [0.2, 0.25) is 27.7 Å². The van der Waals surface area contributed by atoms with Gasteiger partial charge in [-0.25, -0.2) is 22.6 Å². The Labute approximate surface area is 339 Å². The minimum Gasteiger partial charge on any atom is -0.494 e. The van der Waals surface area contributed by atoms with Gasteiger partial charge in [0.25, 0.3) is 5.91 Å². The first-order valence-corrected chi connectivity index (χ1v) is 21.4. The molecule has 0 unspecified atom stereocenters. The number of carbonyl (C=O) groups is 4. The van der Waals surface area contributed by atoms with E-state index in [4.69, 9.17) is 9.47 Å². The highest BCUT2D eigenvalue weighted by molar-refractivity contribution is 7.91. The highest BCUT2D eigenvalue weighted by Gasteiger charge is 2.64. The number of alkyl halides is 1. The summed E-state index contributed by atoms with van der Waals surface area (Å²) in [6.07, 6.45) is 5.10. The van der Waals surface area contributed by atoms with Crippen molar-refractivity contribution in [1.29, 1.82) is 0 Å². The number of nitrogens with zero attached hydrogens (tertiary/aromatic N) is 4. The van der Waals surface area contributed by atoms with Crippen molar-refractivity contribution in [3.63, 3.8) is 0 Å². The summed E-state index contributed by atoms with van der Waals surface area (Å²) in [4.78, 5) is 65.7. The molecular formula is C41H57FN6O9S. The number of anilines is 1. The average molecular weight is 829 g/mol. The molecule has 3 N–H and O–H groups in total. The fourth-order valence-corrected chi connectivity index (χ4v) is 10.0. The molecule has 58 heavy (non-hydrogen) atoms. The fourth-order valence-electron chi connectivity index (χ4n) is 8.59. The Morgan fingerprint density at radius 1 is 1.14 bits per heavy atom. The number of aromatic nitrogens is 1. The van der Waals surface area contributed by atoms with Crippen LogP contribution < -0.4 is 24.4 Å². The van der Waals surface area contributed by atoms with Crippen LogP contribution >= 0.6 is 0 Å². The molecule has 4 amide bonds. The van der Waals surface area contributed by atoms with Crippen molar-refractivity contribution >= 4 is 50.3 Å². The van der Waals surface area contributed by atoms with Gasteiger partial charge in [0.05, 0.1) is 19.9 Å². The third-order valence-electron chi connectivity index (χ3n) is 12.2. The summed E-state index contributed by atoms with van der Waals surface area (Å²) >= 11 is 0. The first-order chi connectivity index (χ1) is 27.2. The van der Waals surface area contributed by atoms with E-state index in [0.717, 1.165) is 16.0 Å². The summed E-state index contributed by atoms with van der Waals surface area (Å²) < 4.78 is 52.9. The van der Waals surface area contributed by atoms with E-state index in [9.17, 15) is 32.3 Å². The summed E-state index contributed by atoms with van der Waals surface area (Å²) in [5, 5.41) is 14.8. The predicted octanol–water partition coefficient (Wildman–Crippen LogP) is 4.64. The number of sulfonamides is 1. The van der Waals surface area contributed by atoms with Crippen LogP contribution in [0.25, 0.3) is 10.8 Å². The van der Waals surface area contributed by atoms with Crippen LogP contribution in [0, 0.1) is 17.8 Å². The Hall–Kier alpha value is -4.67. The number of amides is 4. The lowest BCUT2D eigenvalue weighted by Crippen LogP contribution is -2.62. The molecule has 1 saturated heterocycles. The molecule has 1 aromatic carbocycles. The maximum absolute atomic E-state index is 15.1. The molecular weight excluding hydrogens is 772 g/mol. The van der Waals surface area contributed by atoms with Crippen molar-refractivity contribution in [3.8, 4) is 11.6 Å². The smallest absolute Gasteiger partial charge is 0.408 e. The third kappa shape index (κ3) is 8.15. The molecule has 7 atom stereocenters. The van der Waals surface area contributed by atoms with Crippen LogP contribution in [0.2, 0.25) is 0 Å². The molecule has 17 heteroatoms. The van der Waals surface area contributed by atoms with Crippen LogP contribution in [-0.2, 0) is 24.4 Å². The number of carboxylic acid groups (broad SMARTS) is 1. The highest BCUT2D eigenvalue weighted by Crippen LogP contribution is 2.48. The predicted molar refractivity (Wildman–Crippen MR) is 216 cm³/mol. The number of methoxy groups -OCH3 is 1. The van der Waals surface area contributed by atoms with Crippen LogP contribution in [-0.4, -0.2) is 121 Å². The maximum atomic E-state index is 15.1. The van der Waals surface area contributed by atoms with Crippen LogP contribution in [0.3, 0.4) is 0 Å². The van der Waals surface area contributed by atoms with E-state index in [1.807, 2.05) is 57.1 Å². The van der Waals surface area contributed by atoms with Gasteiger partial charge in [-0.1, -0.05) is 26.0 Å². The average Bonchev–Trinajstić information content (AvgIpc) is 4.05. The van der Waals surface area contributed by atoms with E-state index in [-0.39, 0.29) is 44.0 Å². The monoisotopic (exact) mass is 828 g/mol. The molecule has 2 aliphatic carbocycles. The number of pyridine rings is 1. The lowest BCUT2D eigenvalue weighted by Gasteiger charge is -2.43. The molecule has 0 spiro atoms. The van der Waals surface area contributed by atoms with E-state index >= 15 is 4.79 Å². The maximum Gasteiger partial charge on any atom is 0.408 e. The van der Waals surface area contributed by atoms with Gasteiger partial charge >= 0.3 is 6.09 Å². The van der Waals surface area contributed by atoms with E-state index < -0.39 is 86.4 Å². The molecule has 6 rings (SSSR count). The van der Waals surface area contributed by atoms with Gasteiger partial charge in [0.1, 0.15) is 40.9 Å². The third-order valence-corrected chi connectivity index (χ3v) is 14.4. The first-order valence-electron chi connectivity index (χ1n) is 19.9. The van der Waals surface area contributed by atoms with Crippen LogP contribution in [0.15, 0.2) is 36.5 Å². The van der Waals surface area contributed by atoms with Gasteiger partial charge in [0, 0.05) is 48.4 Å². The zero-order valence-corrected chi connectivity index (χ0v) is 35.4. The zero-order valence-electron chi connectivity index (χ0n) is 34.6. The molecule has 3 heterocycles. The van der Waals surface area contributed by atoms with Gasteiger partial charge in [-0.15, -0.1) is 0 Å². The second kappa shape index (κ2) is 15.8. The summed E-state index contributed by atoms with van der Waals surface area (Å²) in [6.45, 7) is 7.76.